The molecule has 1 aromatic carbocycles. The molecule has 0 aliphatic carbocycles. The lowest BCUT2D eigenvalue weighted by Gasteiger charge is -2.23. The van der Waals surface area contributed by atoms with Crippen LogP contribution in [0.25, 0.3) is 6.08 Å². The Balaban J connectivity index is 2.12. The van der Waals surface area contributed by atoms with E-state index in [9.17, 15) is 4.79 Å². The molecule has 5 heteroatoms. The molecule has 1 N–H and O–H groups in total. The first kappa shape index (κ1) is 15.9. The van der Waals surface area contributed by atoms with Crippen molar-refractivity contribution in [1.29, 1.82) is 0 Å². The zero-order valence-electron chi connectivity index (χ0n) is 12.1. The Bertz CT molecular complexity index is 510. The van der Waals surface area contributed by atoms with Crippen molar-refractivity contribution in [3.63, 3.8) is 0 Å². The average molecular weight is 310 g/mol. The van der Waals surface area contributed by atoms with Crippen molar-refractivity contribution >= 4 is 23.6 Å². The lowest BCUT2D eigenvalue weighted by atomic mass is 10.1. The molecular formula is C16H20ClNO3. The SMILES string of the molecule is CCO/C=C/c1ccc(Cl)cc1C(=O)NC1CCCOC1. The number of ether oxygens (including phenoxy) is 2. The van der Waals surface area contributed by atoms with Crippen molar-refractivity contribution in [3.05, 3.63) is 40.6 Å². The van der Waals surface area contributed by atoms with Crippen molar-refractivity contribution in [2.24, 2.45) is 0 Å². The molecule has 21 heavy (non-hydrogen) atoms. The molecule has 1 aliphatic rings. The molecule has 0 radical (unpaired) electrons. The van der Waals surface area contributed by atoms with Crippen LogP contribution < -0.4 is 5.32 Å². The number of halogens is 1. The third kappa shape index (κ3) is 4.76. The first-order valence-electron chi connectivity index (χ1n) is 7.17. The first-order valence-corrected chi connectivity index (χ1v) is 7.55. The second-order valence-corrected chi connectivity index (χ2v) is 5.31. The van der Waals surface area contributed by atoms with Gasteiger partial charge in [-0.15, -0.1) is 0 Å². The molecular weight excluding hydrogens is 290 g/mol. The molecule has 1 aliphatic heterocycles. The third-order valence-corrected chi connectivity index (χ3v) is 3.50. The summed E-state index contributed by atoms with van der Waals surface area (Å²) in [6.45, 7) is 3.83. The highest BCUT2D eigenvalue weighted by Gasteiger charge is 2.18. The number of carbonyl (C=O) groups is 1. The Labute approximate surface area is 130 Å². The smallest absolute Gasteiger partial charge is 0.252 e. The highest BCUT2D eigenvalue weighted by molar-refractivity contribution is 6.31. The van der Waals surface area contributed by atoms with E-state index in [1.165, 1.54) is 0 Å². The summed E-state index contributed by atoms with van der Waals surface area (Å²) in [5.74, 6) is -0.135. The van der Waals surface area contributed by atoms with Crippen LogP contribution in [0.15, 0.2) is 24.5 Å². The second-order valence-electron chi connectivity index (χ2n) is 4.88. The van der Waals surface area contributed by atoms with E-state index in [2.05, 4.69) is 5.32 Å². The van der Waals surface area contributed by atoms with Gasteiger partial charge in [0.15, 0.2) is 0 Å². The van der Waals surface area contributed by atoms with Crippen LogP contribution in [0.4, 0.5) is 0 Å². The van der Waals surface area contributed by atoms with Gasteiger partial charge in [-0.1, -0.05) is 17.7 Å². The van der Waals surface area contributed by atoms with Gasteiger partial charge < -0.3 is 14.8 Å². The van der Waals surface area contributed by atoms with Crippen molar-refractivity contribution in [3.8, 4) is 0 Å². The van der Waals surface area contributed by atoms with Gasteiger partial charge in [-0.2, -0.15) is 0 Å². The summed E-state index contributed by atoms with van der Waals surface area (Å²) in [6.07, 6.45) is 5.27. The molecule has 4 nitrogen and oxygen atoms in total. The molecule has 1 aromatic rings. The van der Waals surface area contributed by atoms with Crippen LogP contribution in [0.2, 0.25) is 5.02 Å². The lowest BCUT2D eigenvalue weighted by molar-refractivity contribution is 0.0624. The molecule has 2 rings (SSSR count). The predicted octanol–water partition coefficient (Wildman–Crippen LogP) is 3.26. The van der Waals surface area contributed by atoms with E-state index in [4.69, 9.17) is 21.1 Å². The third-order valence-electron chi connectivity index (χ3n) is 3.27. The lowest BCUT2D eigenvalue weighted by Crippen LogP contribution is -2.40. The fourth-order valence-electron chi connectivity index (χ4n) is 2.21. The van der Waals surface area contributed by atoms with E-state index >= 15 is 0 Å². The molecule has 1 saturated heterocycles. The van der Waals surface area contributed by atoms with Crippen LogP contribution in [0.3, 0.4) is 0 Å². The molecule has 0 spiro atoms. The number of benzene rings is 1. The molecule has 1 atom stereocenters. The molecule has 0 saturated carbocycles. The highest BCUT2D eigenvalue weighted by Crippen LogP contribution is 2.18. The van der Waals surface area contributed by atoms with Crippen LogP contribution in [0.5, 0.6) is 0 Å². The highest BCUT2D eigenvalue weighted by atomic mass is 35.5. The zero-order chi connectivity index (χ0) is 15.1. The van der Waals surface area contributed by atoms with Gasteiger partial charge in [-0.3, -0.25) is 4.79 Å². The molecule has 1 heterocycles. The molecule has 1 amide bonds. The number of nitrogens with one attached hydrogen (secondary N) is 1. The van der Waals surface area contributed by atoms with Crippen molar-refractivity contribution in [2.75, 3.05) is 19.8 Å². The summed E-state index contributed by atoms with van der Waals surface area (Å²) in [5, 5.41) is 3.53. The Kier molecular flexibility index (Phi) is 6.08. The van der Waals surface area contributed by atoms with E-state index in [-0.39, 0.29) is 11.9 Å². The van der Waals surface area contributed by atoms with Gasteiger partial charge in [0.1, 0.15) is 0 Å². The number of amides is 1. The fourth-order valence-corrected chi connectivity index (χ4v) is 2.38. The summed E-state index contributed by atoms with van der Waals surface area (Å²) in [4.78, 5) is 12.4. The van der Waals surface area contributed by atoms with Gasteiger partial charge in [0, 0.05) is 17.2 Å². The second kappa shape index (κ2) is 8.05. The molecule has 0 bridgehead atoms. The topological polar surface area (TPSA) is 47.6 Å². The van der Waals surface area contributed by atoms with Crippen LogP contribution in [0.1, 0.15) is 35.7 Å². The monoisotopic (exact) mass is 309 g/mol. The van der Waals surface area contributed by atoms with E-state index in [1.807, 2.05) is 13.0 Å². The van der Waals surface area contributed by atoms with Gasteiger partial charge in [-0.25, -0.2) is 0 Å². The maximum Gasteiger partial charge on any atom is 0.252 e. The Morgan fingerprint density at radius 2 is 2.43 bits per heavy atom. The van der Waals surface area contributed by atoms with Crippen molar-refractivity contribution in [1.82, 2.24) is 5.32 Å². The van der Waals surface area contributed by atoms with Gasteiger partial charge in [-0.05, 0) is 43.5 Å². The van der Waals surface area contributed by atoms with Crippen molar-refractivity contribution in [2.45, 2.75) is 25.8 Å². The molecule has 114 valence electrons. The van der Waals surface area contributed by atoms with E-state index < -0.39 is 0 Å². The van der Waals surface area contributed by atoms with Crippen LogP contribution >= 0.6 is 11.6 Å². The number of rotatable bonds is 5. The number of hydrogen-bond acceptors (Lipinski definition) is 3. The minimum Gasteiger partial charge on any atom is -0.501 e. The largest absolute Gasteiger partial charge is 0.501 e. The van der Waals surface area contributed by atoms with Crippen LogP contribution in [0, 0.1) is 0 Å². The summed E-state index contributed by atoms with van der Waals surface area (Å²) in [6, 6.07) is 5.30. The van der Waals surface area contributed by atoms with E-state index in [0.29, 0.717) is 23.8 Å². The Hall–Kier alpha value is -1.52. The first-order chi connectivity index (χ1) is 10.2. The van der Waals surface area contributed by atoms with Gasteiger partial charge in [0.05, 0.1) is 25.5 Å². The van der Waals surface area contributed by atoms with Gasteiger partial charge >= 0.3 is 0 Å². The van der Waals surface area contributed by atoms with Crippen molar-refractivity contribution < 1.29 is 14.3 Å². The van der Waals surface area contributed by atoms with Gasteiger partial charge in [0.2, 0.25) is 0 Å². The summed E-state index contributed by atoms with van der Waals surface area (Å²) < 4.78 is 10.6. The summed E-state index contributed by atoms with van der Waals surface area (Å²) >= 11 is 6.00. The Morgan fingerprint density at radius 3 is 3.14 bits per heavy atom. The normalized spacial score (nSPS) is 18.7. The fraction of sp³-hybridized carbons (Fsp3) is 0.438. The quantitative estimate of drug-likeness (QED) is 0.849. The molecule has 0 aromatic heterocycles. The number of carbonyl (C=O) groups excluding carboxylic acids is 1. The molecule has 1 fully saturated rings. The minimum absolute atomic E-state index is 0.0638. The average Bonchev–Trinajstić information content (AvgIpc) is 2.50. The summed E-state index contributed by atoms with van der Waals surface area (Å²) in [7, 11) is 0. The zero-order valence-corrected chi connectivity index (χ0v) is 12.9. The molecule has 1 unspecified atom stereocenters. The van der Waals surface area contributed by atoms with Crippen LogP contribution in [-0.4, -0.2) is 31.8 Å². The maximum absolute atomic E-state index is 12.4. The minimum atomic E-state index is -0.135. The Morgan fingerprint density at radius 1 is 1.57 bits per heavy atom. The standard InChI is InChI=1S/C16H20ClNO3/c1-2-20-9-7-12-5-6-13(17)10-15(12)16(19)18-14-4-3-8-21-11-14/h5-7,9-10,14H,2-4,8,11H2,1H3,(H,18,19)/b9-7+. The van der Waals surface area contributed by atoms with Gasteiger partial charge in [0.25, 0.3) is 5.91 Å². The maximum atomic E-state index is 12.4. The summed E-state index contributed by atoms with van der Waals surface area (Å²) in [5.41, 5.74) is 1.33. The van der Waals surface area contributed by atoms with Crippen LogP contribution in [-0.2, 0) is 9.47 Å². The van der Waals surface area contributed by atoms with E-state index in [1.54, 1.807) is 24.5 Å². The van der Waals surface area contributed by atoms with E-state index in [0.717, 1.165) is 25.0 Å². The number of hydrogen-bond donors (Lipinski definition) is 1. The predicted molar refractivity (Wildman–Crippen MR) is 83.4 cm³/mol.